The summed E-state index contributed by atoms with van der Waals surface area (Å²) in [6.45, 7) is 0.559. The standard InChI is InChI=1S/C21H20BrN3O3/c1-27-18-5-3-4-16(21(18)28-2)8-11-20(26)24-19-12-13-23-25(19)14-15-6-9-17(22)10-7-15/h3-13H,14H2,1-2H3,(H,24,26)/b11-8+. The third-order valence-electron chi connectivity index (χ3n) is 4.06. The molecule has 0 aliphatic carbocycles. The second kappa shape index (κ2) is 9.23. The van der Waals surface area contributed by atoms with Crippen LogP contribution in [0.5, 0.6) is 11.5 Å². The fourth-order valence-electron chi connectivity index (χ4n) is 2.70. The van der Waals surface area contributed by atoms with Crippen molar-refractivity contribution in [3.8, 4) is 11.5 Å². The van der Waals surface area contributed by atoms with Crippen LogP contribution in [-0.2, 0) is 11.3 Å². The average Bonchev–Trinajstić information content (AvgIpc) is 3.14. The Morgan fingerprint density at radius 2 is 1.93 bits per heavy atom. The van der Waals surface area contributed by atoms with Crippen molar-refractivity contribution in [3.05, 3.63) is 76.4 Å². The number of methoxy groups -OCH3 is 2. The molecule has 2 aromatic carbocycles. The molecule has 0 saturated heterocycles. The molecule has 1 N–H and O–H groups in total. The van der Waals surface area contributed by atoms with Gasteiger partial charge >= 0.3 is 0 Å². The molecule has 1 aromatic heterocycles. The Bertz CT molecular complexity index is 981. The predicted molar refractivity (Wildman–Crippen MR) is 113 cm³/mol. The summed E-state index contributed by atoms with van der Waals surface area (Å²) in [5, 5.41) is 7.14. The summed E-state index contributed by atoms with van der Waals surface area (Å²) in [5.41, 5.74) is 1.83. The molecule has 28 heavy (non-hydrogen) atoms. The largest absolute Gasteiger partial charge is 0.493 e. The summed E-state index contributed by atoms with van der Waals surface area (Å²) < 4.78 is 13.4. The number of carbonyl (C=O) groups excluding carboxylic acids is 1. The van der Waals surface area contributed by atoms with Crippen LogP contribution in [0.3, 0.4) is 0 Å². The second-order valence-corrected chi connectivity index (χ2v) is 6.82. The van der Waals surface area contributed by atoms with Gasteiger partial charge in [0.25, 0.3) is 0 Å². The fourth-order valence-corrected chi connectivity index (χ4v) is 2.97. The highest BCUT2D eigenvalue weighted by Crippen LogP contribution is 2.31. The van der Waals surface area contributed by atoms with E-state index in [9.17, 15) is 4.79 Å². The van der Waals surface area contributed by atoms with Crippen molar-refractivity contribution in [2.24, 2.45) is 0 Å². The molecule has 0 unspecified atom stereocenters. The normalized spacial score (nSPS) is 10.8. The lowest BCUT2D eigenvalue weighted by Crippen LogP contribution is -2.13. The zero-order chi connectivity index (χ0) is 19.9. The van der Waals surface area contributed by atoms with Gasteiger partial charge in [-0.05, 0) is 29.8 Å². The van der Waals surface area contributed by atoms with Crippen molar-refractivity contribution in [3.63, 3.8) is 0 Å². The number of ether oxygens (including phenoxy) is 2. The molecular formula is C21H20BrN3O3. The molecule has 0 saturated carbocycles. The topological polar surface area (TPSA) is 65.4 Å². The molecule has 1 amide bonds. The minimum Gasteiger partial charge on any atom is -0.493 e. The van der Waals surface area contributed by atoms with E-state index in [1.807, 2.05) is 36.4 Å². The summed E-state index contributed by atoms with van der Waals surface area (Å²) in [6.07, 6.45) is 4.80. The minimum absolute atomic E-state index is 0.262. The number of carbonyl (C=O) groups is 1. The Balaban J connectivity index is 1.70. The van der Waals surface area contributed by atoms with Crippen LogP contribution in [0.15, 0.2) is 65.3 Å². The van der Waals surface area contributed by atoms with Crippen molar-refractivity contribution in [2.75, 3.05) is 19.5 Å². The first kappa shape index (κ1) is 19.7. The van der Waals surface area contributed by atoms with Crippen molar-refractivity contribution < 1.29 is 14.3 Å². The van der Waals surface area contributed by atoms with E-state index in [1.165, 1.54) is 6.08 Å². The van der Waals surface area contributed by atoms with Gasteiger partial charge in [0.05, 0.1) is 27.0 Å². The van der Waals surface area contributed by atoms with E-state index in [1.54, 1.807) is 43.3 Å². The number of hydrogen-bond donors (Lipinski definition) is 1. The van der Waals surface area contributed by atoms with Crippen LogP contribution in [-0.4, -0.2) is 29.9 Å². The predicted octanol–water partition coefficient (Wildman–Crippen LogP) is 4.36. The van der Waals surface area contributed by atoms with Crippen molar-refractivity contribution in [1.82, 2.24) is 9.78 Å². The Labute approximate surface area is 171 Å². The maximum Gasteiger partial charge on any atom is 0.249 e. The summed E-state index contributed by atoms with van der Waals surface area (Å²) in [6, 6.07) is 15.2. The molecule has 1 heterocycles. The smallest absolute Gasteiger partial charge is 0.249 e. The summed E-state index contributed by atoms with van der Waals surface area (Å²) in [7, 11) is 3.14. The Morgan fingerprint density at radius 1 is 1.14 bits per heavy atom. The molecule has 3 rings (SSSR count). The van der Waals surface area contributed by atoms with Gasteiger partial charge in [-0.15, -0.1) is 0 Å². The SMILES string of the molecule is COc1cccc(/C=C/C(=O)Nc2ccnn2Cc2ccc(Br)cc2)c1OC. The van der Waals surface area contributed by atoms with Crippen LogP contribution in [0.2, 0.25) is 0 Å². The van der Waals surface area contributed by atoms with Crippen molar-refractivity contribution >= 4 is 33.7 Å². The van der Waals surface area contributed by atoms with Crippen LogP contribution in [0.1, 0.15) is 11.1 Å². The van der Waals surface area contributed by atoms with E-state index in [0.717, 1.165) is 15.6 Å². The van der Waals surface area contributed by atoms with Gasteiger partial charge in [0.1, 0.15) is 5.82 Å². The third-order valence-corrected chi connectivity index (χ3v) is 4.59. The van der Waals surface area contributed by atoms with Gasteiger partial charge in [-0.2, -0.15) is 5.10 Å². The lowest BCUT2D eigenvalue weighted by molar-refractivity contribution is -0.111. The maximum atomic E-state index is 12.4. The highest BCUT2D eigenvalue weighted by atomic mass is 79.9. The summed E-state index contributed by atoms with van der Waals surface area (Å²) in [4.78, 5) is 12.4. The molecule has 0 spiro atoms. The van der Waals surface area contributed by atoms with E-state index >= 15 is 0 Å². The minimum atomic E-state index is -0.262. The molecule has 0 aliphatic heterocycles. The monoisotopic (exact) mass is 441 g/mol. The molecule has 144 valence electrons. The number of para-hydroxylation sites is 1. The number of hydrogen-bond acceptors (Lipinski definition) is 4. The average molecular weight is 442 g/mol. The zero-order valence-electron chi connectivity index (χ0n) is 15.6. The quantitative estimate of drug-likeness (QED) is 0.553. The van der Waals surface area contributed by atoms with Crippen LogP contribution >= 0.6 is 15.9 Å². The van der Waals surface area contributed by atoms with E-state index in [2.05, 4.69) is 26.3 Å². The molecule has 0 atom stereocenters. The van der Waals surface area contributed by atoms with Gasteiger partial charge in [-0.3, -0.25) is 4.79 Å². The molecule has 0 fully saturated rings. The molecular weight excluding hydrogens is 422 g/mol. The number of amides is 1. The van der Waals surface area contributed by atoms with Crippen LogP contribution in [0.25, 0.3) is 6.08 Å². The lowest BCUT2D eigenvalue weighted by atomic mass is 10.1. The molecule has 3 aromatic rings. The Morgan fingerprint density at radius 3 is 2.64 bits per heavy atom. The Kier molecular flexibility index (Phi) is 6.49. The van der Waals surface area contributed by atoms with Crippen LogP contribution in [0, 0.1) is 0 Å². The van der Waals surface area contributed by atoms with E-state index < -0.39 is 0 Å². The van der Waals surface area contributed by atoms with Gasteiger partial charge in [-0.1, -0.05) is 40.2 Å². The second-order valence-electron chi connectivity index (χ2n) is 5.91. The van der Waals surface area contributed by atoms with Gasteiger partial charge in [0.15, 0.2) is 11.5 Å². The van der Waals surface area contributed by atoms with Crippen LogP contribution < -0.4 is 14.8 Å². The number of nitrogens with zero attached hydrogens (tertiary/aromatic N) is 2. The van der Waals surface area contributed by atoms with E-state index in [4.69, 9.17) is 9.47 Å². The van der Waals surface area contributed by atoms with Gasteiger partial charge < -0.3 is 14.8 Å². The molecule has 7 heteroatoms. The molecule has 0 radical (unpaired) electrons. The highest BCUT2D eigenvalue weighted by Gasteiger charge is 2.09. The summed E-state index contributed by atoms with van der Waals surface area (Å²) >= 11 is 3.42. The summed E-state index contributed by atoms with van der Waals surface area (Å²) in [5.74, 6) is 1.55. The molecule has 0 aliphatic rings. The third kappa shape index (κ3) is 4.80. The Hall–Kier alpha value is -3.06. The number of halogens is 1. The zero-order valence-corrected chi connectivity index (χ0v) is 17.1. The fraction of sp³-hybridized carbons (Fsp3) is 0.143. The number of benzene rings is 2. The van der Waals surface area contributed by atoms with Gasteiger partial charge in [-0.25, -0.2) is 4.68 Å². The lowest BCUT2D eigenvalue weighted by Gasteiger charge is -2.10. The maximum absolute atomic E-state index is 12.4. The first-order chi connectivity index (χ1) is 13.6. The van der Waals surface area contributed by atoms with E-state index in [0.29, 0.717) is 23.9 Å². The van der Waals surface area contributed by atoms with Gasteiger partial charge in [0.2, 0.25) is 5.91 Å². The first-order valence-corrected chi connectivity index (χ1v) is 9.36. The highest BCUT2D eigenvalue weighted by molar-refractivity contribution is 9.10. The number of aromatic nitrogens is 2. The molecule has 6 nitrogen and oxygen atoms in total. The van der Waals surface area contributed by atoms with Crippen molar-refractivity contribution in [1.29, 1.82) is 0 Å². The number of nitrogens with one attached hydrogen (secondary N) is 1. The van der Waals surface area contributed by atoms with Crippen LogP contribution in [0.4, 0.5) is 5.82 Å². The number of anilines is 1. The first-order valence-electron chi connectivity index (χ1n) is 8.57. The molecule has 0 bridgehead atoms. The van der Waals surface area contributed by atoms with Gasteiger partial charge in [0, 0.05) is 22.2 Å². The van der Waals surface area contributed by atoms with Crippen molar-refractivity contribution in [2.45, 2.75) is 6.54 Å². The van der Waals surface area contributed by atoms with E-state index in [-0.39, 0.29) is 5.91 Å². The number of rotatable bonds is 7.